The Bertz CT molecular complexity index is 790. The van der Waals surface area contributed by atoms with Crippen molar-refractivity contribution in [1.29, 1.82) is 0 Å². The lowest BCUT2D eigenvalue weighted by molar-refractivity contribution is -0.136. The van der Waals surface area contributed by atoms with Crippen molar-refractivity contribution in [3.05, 3.63) is 47.1 Å². The number of hydrogen-bond acceptors (Lipinski definition) is 4. The van der Waals surface area contributed by atoms with Crippen LogP contribution in [0.3, 0.4) is 0 Å². The third kappa shape index (κ3) is 2.28. The largest absolute Gasteiger partial charge is 0.481 e. The summed E-state index contributed by atoms with van der Waals surface area (Å²) in [5.74, 6) is -0.839. The molecule has 0 atom stereocenters. The Morgan fingerprint density at radius 1 is 1.30 bits per heavy atom. The molecule has 0 amide bonds. The molecule has 0 aliphatic heterocycles. The molecule has 5 heteroatoms. The first-order valence-corrected chi connectivity index (χ1v) is 6.99. The number of aliphatic carboxylic acids is 1. The summed E-state index contributed by atoms with van der Waals surface area (Å²) in [6, 6.07) is 9.93. The number of pyridine rings is 1. The summed E-state index contributed by atoms with van der Waals surface area (Å²) >= 11 is 1.40. The fraction of sp³-hybridized carbons (Fsp3) is 0.133. The fourth-order valence-corrected chi connectivity index (χ4v) is 3.19. The van der Waals surface area contributed by atoms with Gasteiger partial charge in [0.1, 0.15) is 10.7 Å². The zero-order valence-corrected chi connectivity index (χ0v) is 11.6. The number of benzene rings is 1. The minimum atomic E-state index is -0.839. The number of nitrogens with zero attached hydrogens (tertiary/aromatic N) is 2. The van der Waals surface area contributed by atoms with Crippen molar-refractivity contribution in [1.82, 2.24) is 9.97 Å². The van der Waals surface area contributed by atoms with Gasteiger partial charge in [0.2, 0.25) is 0 Å². The van der Waals surface area contributed by atoms with Gasteiger partial charge in [0.15, 0.2) is 0 Å². The summed E-state index contributed by atoms with van der Waals surface area (Å²) in [4.78, 5) is 20.5. The lowest BCUT2D eigenvalue weighted by Gasteiger charge is -2.01. The van der Waals surface area contributed by atoms with E-state index in [-0.39, 0.29) is 6.42 Å². The predicted octanol–water partition coefficient (Wildman–Crippen LogP) is 3.29. The Morgan fingerprint density at radius 3 is 2.90 bits per heavy atom. The van der Waals surface area contributed by atoms with Crippen LogP contribution in [0.15, 0.2) is 36.5 Å². The lowest BCUT2D eigenvalue weighted by Crippen LogP contribution is -1.99. The van der Waals surface area contributed by atoms with Gasteiger partial charge in [-0.3, -0.25) is 9.78 Å². The van der Waals surface area contributed by atoms with Crippen molar-refractivity contribution in [3.8, 4) is 10.7 Å². The predicted molar refractivity (Wildman–Crippen MR) is 78.9 cm³/mol. The summed E-state index contributed by atoms with van der Waals surface area (Å²) in [5, 5.41) is 11.8. The second-order valence-electron chi connectivity index (χ2n) is 4.48. The molecule has 1 N–H and O–H groups in total. The second kappa shape index (κ2) is 5.02. The van der Waals surface area contributed by atoms with Gasteiger partial charge in [-0.05, 0) is 18.4 Å². The molecule has 0 aliphatic carbocycles. The molecule has 0 unspecified atom stereocenters. The van der Waals surface area contributed by atoms with Gasteiger partial charge >= 0.3 is 5.97 Å². The minimum Gasteiger partial charge on any atom is -0.481 e. The Labute approximate surface area is 119 Å². The van der Waals surface area contributed by atoms with E-state index in [0.29, 0.717) is 0 Å². The van der Waals surface area contributed by atoms with Crippen LogP contribution in [0.1, 0.15) is 10.6 Å². The maximum Gasteiger partial charge on any atom is 0.308 e. The third-order valence-corrected chi connectivity index (χ3v) is 4.24. The van der Waals surface area contributed by atoms with Crippen LogP contribution >= 0.6 is 11.3 Å². The van der Waals surface area contributed by atoms with Crippen LogP contribution in [-0.2, 0) is 11.2 Å². The first-order chi connectivity index (χ1) is 9.65. The van der Waals surface area contributed by atoms with Crippen LogP contribution in [-0.4, -0.2) is 21.0 Å². The SMILES string of the molecule is Cc1nc(-c2nccc3ccccc23)sc1CC(=O)O. The highest BCUT2D eigenvalue weighted by Crippen LogP contribution is 2.31. The van der Waals surface area contributed by atoms with Crippen LogP contribution in [0.2, 0.25) is 0 Å². The van der Waals surface area contributed by atoms with Crippen LogP contribution in [0.4, 0.5) is 0 Å². The van der Waals surface area contributed by atoms with Crippen LogP contribution in [0.5, 0.6) is 0 Å². The third-order valence-electron chi connectivity index (χ3n) is 3.08. The molecule has 2 aromatic heterocycles. The molecule has 0 bridgehead atoms. The number of hydrogen-bond donors (Lipinski definition) is 1. The van der Waals surface area contributed by atoms with Crippen LogP contribution in [0.25, 0.3) is 21.5 Å². The molecule has 3 aromatic rings. The van der Waals surface area contributed by atoms with Crippen molar-refractivity contribution >= 4 is 28.1 Å². The number of aromatic nitrogens is 2. The number of carboxylic acid groups (broad SMARTS) is 1. The number of carboxylic acids is 1. The Balaban J connectivity index is 2.14. The smallest absolute Gasteiger partial charge is 0.308 e. The molecular formula is C15H12N2O2S. The molecule has 3 rings (SSSR count). The van der Waals surface area contributed by atoms with Crippen molar-refractivity contribution in [2.75, 3.05) is 0 Å². The minimum absolute atomic E-state index is 0.00820. The van der Waals surface area contributed by atoms with Gasteiger partial charge in [-0.1, -0.05) is 24.3 Å². The van der Waals surface area contributed by atoms with E-state index in [1.54, 1.807) is 6.20 Å². The van der Waals surface area contributed by atoms with Gasteiger partial charge in [-0.2, -0.15) is 0 Å². The highest BCUT2D eigenvalue weighted by Gasteiger charge is 2.14. The quantitative estimate of drug-likeness (QED) is 0.801. The highest BCUT2D eigenvalue weighted by molar-refractivity contribution is 7.15. The van der Waals surface area contributed by atoms with E-state index < -0.39 is 5.97 Å². The molecule has 0 aliphatic rings. The summed E-state index contributed by atoms with van der Waals surface area (Å²) in [6.07, 6.45) is 1.76. The molecule has 0 saturated carbocycles. The first kappa shape index (κ1) is 12.7. The maximum atomic E-state index is 10.8. The number of thiazole rings is 1. The van der Waals surface area contributed by atoms with Crippen LogP contribution in [0, 0.1) is 6.92 Å². The topological polar surface area (TPSA) is 63.1 Å². The van der Waals surface area contributed by atoms with E-state index in [1.807, 2.05) is 37.3 Å². The number of fused-ring (bicyclic) bond motifs is 1. The molecule has 0 spiro atoms. The standard InChI is InChI=1S/C15H12N2O2S/c1-9-12(8-13(18)19)20-15(17-9)14-11-5-3-2-4-10(11)6-7-16-14/h2-7H,8H2,1H3,(H,18,19). The average molecular weight is 284 g/mol. The average Bonchev–Trinajstić information content (AvgIpc) is 2.78. The van der Waals surface area contributed by atoms with Crippen LogP contribution < -0.4 is 0 Å². The van der Waals surface area contributed by atoms with Crippen molar-refractivity contribution in [3.63, 3.8) is 0 Å². The number of aryl methyl sites for hydroxylation is 1. The van der Waals surface area contributed by atoms with E-state index in [2.05, 4.69) is 9.97 Å². The van der Waals surface area contributed by atoms with E-state index in [4.69, 9.17) is 5.11 Å². The van der Waals surface area contributed by atoms with E-state index >= 15 is 0 Å². The Hall–Kier alpha value is -2.27. The first-order valence-electron chi connectivity index (χ1n) is 6.17. The molecular weight excluding hydrogens is 272 g/mol. The Kier molecular flexibility index (Phi) is 3.20. The van der Waals surface area contributed by atoms with E-state index in [0.717, 1.165) is 32.0 Å². The van der Waals surface area contributed by atoms with Gasteiger partial charge in [0.05, 0.1) is 12.1 Å². The second-order valence-corrected chi connectivity index (χ2v) is 5.56. The molecule has 2 heterocycles. The zero-order chi connectivity index (χ0) is 14.1. The summed E-state index contributed by atoms with van der Waals surface area (Å²) < 4.78 is 0. The molecule has 4 nitrogen and oxygen atoms in total. The monoisotopic (exact) mass is 284 g/mol. The fourth-order valence-electron chi connectivity index (χ4n) is 2.12. The molecule has 0 radical (unpaired) electrons. The summed E-state index contributed by atoms with van der Waals surface area (Å²) in [7, 11) is 0. The van der Waals surface area contributed by atoms with Gasteiger partial charge in [-0.15, -0.1) is 11.3 Å². The van der Waals surface area contributed by atoms with E-state index in [1.165, 1.54) is 11.3 Å². The van der Waals surface area contributed by atoms with Crippen molar-refractivity contribution in [2.24, 2.45) is 0 Å². The van der Waals surface area contributed by atoms with Gasteiger partial charge < -0.3 is 5.11 Å². The summed E-state index contributed by atoms with van der Waals surface area (Å²) in [5.41, 5.74) is 1.58. The number of carbonyl (C=O) groups is 1. The lowest BCUT2D eigenvalue weighted by atomic mass is 10.1. The molecule has 100 valence electrons. The van der Waals surface area contributed by atoms with Crippen molar-refractivity contribution in [2.45, 2.75) is 13.3 Å². The summed E-state index contributed by atoms with van der Waals surface area (Å²) in [6.45, 7) is 1.84. The van der Waals surface area contributed by atoms with Gasteiger partial charge in [0, 0.05) is 16.5 Å². The number of rotatable bonds is 3. The molecule has 0 fully saturated rings. The molecule has 1 aromatic carbocycles. The molecule has 0 saturated heterocycles. The maximum absolute atomic E-state index is 10.8. The van der Waals surface area contributed by atoms with Crippen molar-refractivity contribution < 1.29 is 9.90 Å². The normalized spacial score (nSPS) is 10.8. The zero-order valence-electron chi connectivity index (χ0n) is 10.8. The molecule has 20 heavy (non-hydrogen) atoms. The Morgan fingerprint density at radius 2 is 2.10 bits per heavy atom. The van der Waals surface area contributed by atoms with Gasteiger partial charge in [-0.25, -0.2) is 4.98 Å². The van der Waals surface area contributed by atoms with Gasteiger partial charge in [0.25, 0.3) is 0 Å². The van der Waals surface area contributed by atoms with E-state index in [9.17, 15) is 4.79 Å². The highest BCUT2D eigenvalue weighted by atomic mass is 32.1.